The van der Waals surface area contributed by atoms with Gasteiger partial charge in [-0.3, -0.25) is 4.79 Å². The largest absolute Gasteiger partial charge is 0.410 e. The molecule has 3 heteroatoms. The maximum absolute atomic E-state index is 11.2. The molecule has 1 rings (SSSR count). The van der Waals surface area contributed by atoms with Crippen LogP contribution >= 0.6 is 0 Å². The zero-order valence-electron chi connectivity index (χ0n) is 15.9. The summed E-state index contributed by atoms with van der Waals surface area (Å²) < 4.78 is 6.63. The molecule has 1 unspecified atom stereocenters. The maximum Gasteiger partial charge on any atom is 0.192 e. The van der Waals surface area contributed by atoms with Gasteiger partial charge >= 0.3 is 0 Å². The fraction of sp³-hybridized carbons (Fsp3) is 0.550. The molecule has 0 saturated carbocycles. The summed E-state index contributed by atoms with van der Waals surface area (Å²) >= 11 is 0. The molecular weight excluding hydrogens is 300 g/mol. The van der Waals surface area contributed by atoms with Crippen LogP contribution in [0.2, 0.25) is 18.1 Å². The van der Waals surface area contributed by atoms with E-state index in [-0.39, 0.29) is 16.6 Å². The van der Waals surface area contributed by atoms with Crippen LogP contribution in [0.3, 0.4) is 0 Å². The second-order valence-electron chi connectivity index (χ2n) is 8.77. The predicted octanol–water partition coefficient (Wildman–Crippen LogP) is 5.95. The van der Waals surface area contributed by atoms with Gasteiger partial charge in [0, 0.05) is 5.56 Å². The molecule has 0 aliphatic heterocycles. The molecule has 1 aromatic rings. The number of carbonyl (C=O) groups excluding carboxylic acids is 1. The Kier molecular flexibility index (Phi) is 6.16. The molecule has 1 aromatic carbocycles. The summed E-state index contributed by atoms with van der Waals surface area (Å²) in [4.78, 5) is 11.2. The van der Waals surface area contributed by atoms with Crippen LogP contribution in [-0.2, 0) is 4.43 Å². The van der Waals surface area contributed by atoms with E-state index in [9.17, 15) is 4.79 Å². The zero-order chi connectivity index (χ0) is 17.9. The van der Waals surface area contributed by atoms with Crippen LogP contribution < -0.4 is 0 Å². The Balaban J connectivity index is 3.10. The summed E-state index contributed by atoms with van der Waals surface area (Å²) in [5.41, 5.74) is 1.65. The number of carbonyl (C=O) groups is 1. The molecule has 0 aliphatic carbocycles. The van der Waals surface area contributed by atoms with E-state index in [2.05, 4.69) is 60.7 Å². The molecule has 128 valence electrons. The van der Waals surface area contributed by atoms with Crippen LogP contribution in [0.5, 0.6) is 0 Å². The molecular formula is C20H32O2Si. The quantitative estimate of drug-likeness (QED) is 0.492. The highest BCUT2D eigenvalue weighted by Gasteiger charge is 2.40. The lowest BCUT2D eigenvalue weighted by Crippen LogP contribution is -2.46. The van der Waals surface area contributed by atoms with Crippen LogP contribution in [0.25, 0.3) is 6.08 Å². The van der Waals surface area contributed by atoms with Gasteiger partial charge in [-0.15, -0.1) is 0 Å². The second kappa shape index (κ2) is 7.14. The van der Waals surface area contributed by atoms with Crippen LogP contribution in [0.1, 0.15) is 57.5 Å². The van der Waals surface area contributed by atoms with E-state index >= 15 is 0 Å². The number of aldehydes is 1. The molecule has 23 heavy (non-hydrogen) atoms. The fourth-order valence-corrected chi connectivity index (χ4v) is 3.38. The monoisotopic (exact) mass is 332 g/mol. The zero-order valence-corrected chi connectivity index (χ0v) is 16.9. The molecule has 0 aliphatic rings. The molecule has 0 aromatic heterocycles. The molecule has 2 nitrogen and oxygen atoms in total. The van der Waals surface area contributed by atoms with E-state index in [4.69, 9.17) is 4.43 Å². The third kappa shape index (κ3) is 5.43. The van der Waals surface area contributed by atoms with E-state index in [1.54, 1.807) is 0 Å². The van der Waals surface area contributed by atoms with Gasteiger partial charge in [0.05, 0.1) is 6.10 Å². The summed E-state index contributed by atoms with van der Waals surface area (Å²) in [5.74, 6) is 0. The third-order valence-electron chi connectivity index (χ3n) is 4.65. The summed E-state index contributed by atoms with van der Waals surface area (Å²) in [7, 11) is -1.86. The van der Waals surface area contributed by atoms with Crippen LogP contribution in [0.15, 0.2) is 30.3 Å². The van der Waals surface area contributed by atoms with E-state index in [1.807, 2.05) is 30.3 Å². The average molecular weight is 333 g/mol. The molecule has 0 amide bonds. The minimum Gasteiger partial charge on any atom is -0.410 e. The van der Waals surface area contributed by atoms with E-state index < -0.39 is 8.32 Å². The Morgan fingerprint density at radius 1 is 1.00 bits per heavy atom. The van der Waals surface area contributed by atoms with Crippen molar-refractivity contribution < 1.29 is 9.22 Å². The number of rotatable bonds is 5. The first kappa shape index (κ1) is 19.9. The number of hydrogen-bond acceptors (Lipinski definition) is 2. The Hall–Kier alpha value is -1.19. The molecule has 1 atom stereocenters. The maximum atomic E-state index is 11.2. The first-order valence-corrected chi connectivity index (χ1v) is 11.2. The summed E-state index contributed by atoms with van der Waals surface area (Å²) in [6.07, 6.45) is 5.05. The van der Waals surface area contributed by atoms with Crippen molar-refractivity contribution in [3.63, 3.8) is 0 Å². The minimum atomic E-state index is -1.86. The molecule has 0 radical (unpaired) electrons. The lowest BCUT2D eigenvalue weighted by Gasteiger charge is -2.42. The lowest BCUT2D eigenvalue weighted by atomic mass is 9.88. The fourth-order valence-electron chi connectivity index (χ4n) is 1.96. The van der Waals surface area contributed by atoms with Gasteiger partial charge in [0.1, 0.15) is 0 Å². The SMILES string of the molecule is CC(C)(C)C(/C=C/c1ccccc1C=O)O[Si](C)(C)C(C)(C)C. The van der Waals surface area contributed by atoms with Crippen molar-refractivity contribution in [2.75, 3.05) is 0 Å². The van der Waals surface area contributed by atoms with E-state index in [1.165, 1.54) is 0 Å². The Morgan fingerprint density at radius 2 is 1.52 bits per heavy atom. The van der Waals surface area contributed by atoms with Crippen molar-refractivity contribution >= 4 is 20.7 Å². The Labute approximate surface area is 143 Å². The van der Waals surface area contributed by atoms with E-state index in [0.717, 1.165) is 11.8 Å². The molecule has 0 heterocycles. The van der Waals surface area contributed by atoms with Crippen LogP contribution in [0.4, 0.5) is 0 Å². The van der Waals surface area contributed by atoms with Gasteiger partial charge in [-0.1, -0.05) is 78.0 Å². The van der Waals surface area contributed by atoms with Crippen LogP contribution in [0, 0.1) is 5.41 Å². The standard InChI is InChI=1S/C20H32O2Si/c1-19(2,3)18(22-23(7,8)20(4,5)6)14-13-16-11-9-10-12-17(16)15-21/h9-15,18H,1-8H3/b14-13+. The van der Waals surface area contributed by atoms with Crippen LogP contribution in [-0.4, -0.2) is 20.7 Å². The van der Waals surface area contributed by atoms with Crippen molar-refractivity contribution in [2.24, 2.45) is 5.41 Å². The Bertz CT molecular complexity index is 560. The Morgan fingerprint density at radius 3 is 1.96 bits per heavy atom. The lowest BCUT2D eigenvalue weighted by molar-refractivity contribution is 0.112. The first-order chi connectivity index (χ1) is 10.4. The molecule has 0 fully saturated rings. The third-order valence-corrected chi connectivity index (χ3v) is 9.11. The van der Waals surface area contributed by atoms with Crippen molar-refractivity contribution in [3.05, 3.63) is 41.5 Å². The van der Waals surface area contributed by atoms with E-state index in [0.29, 0.717) is 5.56 Å². The highest BCUT2D eigenvalue weighted by atomic mass is 28.4. The van der Waals surface area contributed by atoms with Crippen molar-refractivity contribution in [1.82, 2.24) is 0 Å². The summed E-state index contributed by atoms with van der Waals surface area (Å²) in [6.45, 7) is 17.9. The summed E-state index contributed by atoms with van der Waals surface area (Å²) in [5, 5.41) is 0.172. The van der Waals surface area contributed by atoms with Gasteiger partial charge in [-0.25, -0.2) is 0 Å². The second-order valence-corrected chi connectivity index (χ2v) is 13.5. The first-order valence-electron chi connectivity index (χ1n) is 8.29. The summed E-state index contributed by atoms with van der Waals surface area (Å²) in [6, 6.07) is 7.64. The van der Waals surface area contributed by atoms with Gasteiger partial charge < -0.3 is 4.43 Å². The van der Waals surface area contributed by atoms with Crippen molar-refractivity contribution in [2.45, 2.75) is 65.8 Å². The van der Waals surface area contributed by atoms with Gasteiger partial charge in [0.15, 0.2) is 14.6 Å². The highest BCUT2D eigenvalue weighted by Crippen LogP contribution is 2.40. The number of hydrogen-bond donors (Lipinski definition) is 0. The molecule has 0 N–H and O–H groups in total. The predicted molar refractivity (Wildman–Crippen MR) is 102 cm³/mol. The topological polar surface area (TPSA) is 26.3 Å². The normalized spacial score (nSPS) is 15.0. The number of benzene rings is 1. The van der Waals surface area contributed by atoms with Crippen molar-refractivity contribution in [3.8, 4) is 0 Å². The van der Waals surface area contributed by atoms with Gasteiger partial charge in [0.25, 0.3) is 0 Å². The smallest absolute Gasteiger partial charge is 0.192 e. The van der Waals surface area contributed by atoms with Gasteiger partial charge in [-0.2, -0.15) is 0 Å². The average Bonchev–Trinajstić information content (AvgIpc) is 2.41. The molecule has 0 bridgehead atoms. The van der Waals surface area contributed by atoms with Crippen molar-refractivity contribution in [1.29, 1.82) is 0 Å². The van der Waals surface area contributed by atoms with Gasteiger partial charge in [0.2, 0.25) is 0 Å². The van der Waals surface area contributed by atoms with Gasteiger partial charge in [-0.05, 0) is 29.1 Å². The molecule has 0 saturated heterocycles. The molecule has 0 spiro atoms. The minimum absolute atomic E-state index is 0.00213. The highest BCUT2D eigenvalue weighted by molar-refractivity contribution is 6.74.